The van der Waals surface area contributed by atoms with Crippen molar-refractivity contribution in [3.63, 3.8) is 0 Å². The van der Waals surface area contributed by atoms with Gasteiger partial charge >= 0.3 is 6.09 Å². The standard InChI is InChI=1S/C13H16ClNO3/c1-15(9-5-8-12(14)16)13(17)18-10-11-6-3-2-4-7-11/h2-4,6-7H,5,8-10H2,1H3. The molecule has 4 nitrogen and oxygen atoms in total. The van der Waals surface area contributed by atoms with Crippen molar-refractivity contribution in [3.05, 3.63) is 35.9 Å². The molecule has 0 N–H and O–H groups in total. The average Bonchev–Trinajstić information content (AvgIpc) is 2.36. The van der Waals surface area contributed by atoms with Gasteiger partial charge in [-0.15, -0.1) is 0 Å². The summed E-state index contributed by atoms with van der Waals surface area (Å²) in [4.78, 5) is 23.5. The molecule has 0 atom stereocenters. The maximum atomic E-state index is 11.6. The topological polar surface area (TPSA) is 46.6 Å². The molecule has 0 aliphatic carbocycles. The maximum Gasteiger partial charge on any atom is 0.409 e. The second-order valence-electron chi connectivity index (χ2n) is 3.92. The van der Waals surface area contributed by atoms with Gasteiger partial charge in [-0.2, -0.15) is 0 Å². The second kappa shape index (κ2) is 7.71. The lowest BCUT2D eigenvalue weighted by Gasteiger charge is -2.16. The first-order valence-electron chi connectivity index (χ1n) is 5.69. The van der Waals surface area contributed by atoms with Crippen molar-refractivity contribution in [1.82, 2.24) is 4.90 Å². The van der Waals surface area contributed by atoms with E-state index in [0.717, 1.165) is 5.56 Å². The lowest BCUT2D eigenvalue weighted by Crippen LogP contribution is -2.28. The minimum Gasteiger partial charge on any atom is -0.445 e. The number of hydrogen-bond acceptors (Lipinski definition) is 3. The second-order valence-corrected chi connectivity index (χ2v) is 4.34. The highest BCUT2D eigenvalue weighted by Gasteiger charge is 2.10. The van der Waals surface area contributed by atoms with Crippen LogP contribution < -0.4 is 0 Å². The maximum absolute atomic E-state index is 11.6. The molecule has 0 aromatic heterocycles. The Kier molecular flexibility index (Phi) is 6.22. The Labute approximate surface area is 111 Å². The highest BCUT2D eigenvalue weighted by molar-refractivity contribution is 6.63. The van der Waals surface area contributed by atoms with Gasteiger partial charge in [-0.05, 0) is 23.6 Å². The molecule has 0 radical (unpaired) electrons. The van der Waals surface area contributed by atoms with Crippen molar-refractivity contribution in [2.45, 2.75) is 19.4 Å². The fraction of sp³-hybridized carbons (Fsp3) is 0.385. The molecule has 0 fully saturated rings. The van der Waals surface area contributed by atoms with Crippen molar-refractivity contribution in [3.8, 4) is 0 Å². The summed E-state index contributed by atoms with van der Waals surface area (Å²) < 4.78 is 5.12. The number of amides is 1. The predicted molar refractivity (Wildman–Crippen MR) is 69.4 cm³/mol. The van der Waals surface area contributed by atoms with Gasteiger partial charge in [-0.1, -0.05) is 30.3 Å². The van der Waals surface area contributed by atoms with E-state index in [1.165, 1.54) is 4.90 Å². The van der Waals surface area contributed by atoms with Crippen LogP contribution in [0.3, 0.4) is 0 Å². The van der Waals surface area contributed by atoms with Crippen molar-refractivity contribution < 1.29 is 14.3 Å². The molecule has 0 saturated carbocycles. The lowest BCUT2D eigenvalue weighted by molar-refractivity contribution is -0.111. The summed E-state index contributed by atoms with van der Waals surface area (Å²) in [5.74, 6) is 0. The van der Waals surface area contributed by atoms with Crippen LogP contribution in [0.4, 0.5) is 4.79 Å². The van der Waals surface area contributed by atoms with E-state index in [2.05, 4.69) is 0 Å². The van der Waals surface area contributed by atoms with Crippen LogP contribution in [0, 0.1) is 0 Å². The van der Waals surface area contributed by atoms with E-state index in [1.807, 2.05) is 30.3 Å². The van der Waals surface area contributed by atoms with Gasteiger partial charge in [0.05, 0.1) is 0 Å². The third kappa shape index (κ3) is 5.68. The summed E-state index contributed by atoms with van der Waals surface area (Å²) in [5, 5.41) is -0.388. The van der Waals surface area contributed by atoms with E-state index in [9.17, 15) is 9.59 Å². The Morgan fingerprint density at radius 2 is 1.94 bits per heavy atom. The SMILES string of the molecule is CN(CCCC(=O)Cl)C(=O)OCc1ccccc1. The molecule has 1 amide bonds. The molecule has 18 heavy (non-hydrogen) atoms. The molecule has 0 aliphatic rings. The van der Waals surface area contributed by atoms with Gasteiger partial charge in [0, 0.05) is 20.0 Å². The van der Waals surface area contributed by atoms with Crippen molar-refractivity contribution in [2.24, 2.45) is 0 Å². The molecule has 0 aliphatic heterocycles. The number of hydrogen-bond donors (Lipinski definition) is 0. The van der Waals surface area contributed by atoms with Gasteiger partial charge in [0.2, 0.25) is 5.24 Å². The minimum absolute atomic E-state index is 0.248. The molecule has 0 unspecified atom stereocenters. The first-order chi connectivity index (χ1) is 8.59. The summed E-state index contributed by atoms with van der Waals surface area (Å²) in [6.45, 7) is 0.699. The third-order valence-electron chi connectivity index (χ3n) is 2.38. The molecule has 1 aromatic rings. The Morgan fingerprint density at radius 3 is 2.56 bits per heavy atom. The smallest absolute Gasteiger partial charge is 0.409 e. The summed E-state index contributed by atoms with van der Waals surface area (Å²) in [5.41, 5.74) is 0.940. The first kappa shape index (κ1) is 14.5. The zero-order valence-corrected chi connectivity index (χ0v) is 11.0. The summed E-state index contributed by atoms with van der Waals surface area (Å²) in [6, 6.07) is 9.46. The van der Waals surface area contributed by atoms with Gasteiger partial charge in [-0.3, -0.25) is 4.79 Å². The molecule has 0 heterocycles. The number of ether oxygens (including phenoxy) is 1. The monoisotopic (exact) mass is 269 g/mol. The van der Waals surface area contributed by atoms with Crippen molar-refractivity contribution >= 4 is 22.9 Å². The van der Waals surface area contributed by atoms with Gasteiger partial charge in [0.15, 0.2) is 0 Å². The van der Waals surface area contributed by atoms with Crippen molar-refractivity contribution in [1.29, 1.82) is 0 Å². The summed E-state index contributed by atoms with van der Waals surface area (Å²) >= 11 is 5.21. The van der Waals surface area contributed by atoms with Crippen LogP contribution in [0.5, 0.6) is 0 Å². The average molecular weight is 270 g/mol. The van der Waals surface area contributed by atoms with Gasteiger partial charge in [-0.25, -0.2) is 4.79 Å². The largest absolute Gasteiger partial charge is 0.445 e. The molecule has 5 heteroatoms. The first-order valence-corrected chi connectivity index (χ1v) is 6.07. The number of nitrogens with zero attached hydrogens (tertiary/aromatic N) is 1. The van der Waals surface area contributed by atoms with E-state index in [-0.39, 0.29) is 18.3 Å². The summed E-state index contributed by atoms with van der Waals surface area (Å²) in [6.07, 6.45) is 0.401. The lowest BCUT2D eigenvalue weighted by atomic mass is 10.2. The molecule has 98 valence electrons. The van der Waals surface area contributed by atoms with E-state index >= 15 is 0 Å². The van der Waals surface area contributed by atoms with E-state index in [4.69, 9.17) is 16.3 Å². The predicted octanol–water partition coefficient (Wildman–Crippen LogP) is 2.80. The number of carbonyl (C=O) groups excluding carboxylic acids is 2. The Morgan fingerprint density at radius 1 is 1.28 bits per heavy atom. The van der Waals surface area contributed by atoms with Crippen LogP contribution in [0.25, 0.3) is 0 Å². The highest BCUT2D eigenvalue weighted by atomic mass is 35.5. The fourth-order valence-corrected chi connectivity index (χ4v) is 1.51. The van der Waals surface area contributed by atoms with Crippen LogP contribution in [-0.4, -0.2) is 29.8 Å². The quantitative estimate of drug-likeness (QED) is 0.746. The zero-order valence-electron chi connectivity index (χ0n) is 10.3. The fourth-order valence-electron chi connectivity index (χ4n) is 1.38. The van der Waals surface area contributed by atoms with E-state index in [1.54, 1.807) is 7.05 Å². The van der Waals surface area contributed by atoms with Crippen LogP contribution >= 0.6 is 11.6 Å². The molecule has 0 saturated heterocycles. The van der Waals surface area contributed by atoms with Crippen molar-refractivity contribution in [2.75, 3.05) is 13.6 Å². The Bertz CT molecular complexity index is 394. The molecular weight excluding hydrogens is 254 g/mol. The van der Waals surface area contributed by atoms with E-state index < -0.39 is 6.09 Å². The highest BCUT2D eigenvalue weighted by Crippen LogP contribution is 2.03. The van der Waals surface area contributed by atoms with Gasteiger partial charge in [0.1, 0.15) is 6.61 Å². The van der Waals surface area contributed by atoms with E-state index in [0.29, 0.717) is 13.0 Å². The molecule has 1 rings (SSSR count). The number of carbonyl (C=O) groups is 2. The minimum atomic E-state index is -0.402. The third-order valence-corrected chi connectivity index (χ3v) is 2.57. The van der Waals surface area contributed by atoms with Crippen LogP contribution in [0.1, 0.15) is 18.4 Å². The number of halogens is 1. The molecule has 0 bridgehead atoms. The van der Waals surface area contributed by atoms with Crippen LogP contribution in [0.15, 0.2) is 30.3 Å². The molecule has 1 aromatic carbocycles. The molecule has 0 spiro atoms. The Balaban J connectivity index is 2.25. The molecular formula is C13H16ClNO3. The van der Waals surface area contributed by atoms with Crippen LogP contribution in [-0.2, 0) is 16.1 Å². The summed E-state index contributed by atoms with van der Waals surface area (Å²) in [7, 11) is 1.63. The normalized spacial score (nSPS) is 9.89. The zero-order chi connectivity index (χ0) is 13.4. The Hall–Kier alpha value is -1.55. The number of benzene rings is 1. The van der Waals surface area contributed by atoms with Gasteiger partial charge < -0.3 is 9.64 Å². The number of rotatable bonds is 6. The van der Waals surface area contributed by atoms with Gasteiger partial charge in [0.25, 0.3) is 0 Å². The van der Waals surface area contributed by atoms with Crippen LogP contribution in [0.2, 0.25) is 0 Å².